The Bertz CT molecular complexity index is 201. The molecule has 0 fully saturated rings. The highest BCUT2D eigenvalue weighted by Crippen LogP contribution is 2.11. The van der Waals surface area contributed by atoms with Crippen LogP contribution < -0.4 is 4.57 Å². The van der Waals surface area contributed by atoms with Gasteiger partial charge in [-0.2, -0.15) is 4.57 Å². The lowest BCUT2D eigenvalue weighted by Gasteiger charge is -2.00. The van der Waals surface area contributed by atoms with Gasteiger partial charge in [-0.1, -0.05) is 22.0 Å². The second-order valence-electron chi connectivity index (χ2n) is 2.23. The maximum absolute atomic E-state index is 3.58. The number of rotatable bonds is 3. The quantitative estimate of drug-likeness (QED) is 0.592. The van der Waals surface area contributed by atoms with E-state index in [0.29, 0.717) is 4.95 Å². The van der Waals surface area contributed by atoms with Gasteiger partial charge in [0, 0.05) is 23.9 Å². The van der Waals surface area contributed by atoms with E-state index in [9.17, 15) is 0 Å². The monoisotopic (exact) mass is 278 g/mol. The predicted molar refractivity (Wildman–Crippen MR) is 53.0 cm³/mol. The lowest BCUT2D eigenvalue weighted by molar-refractivity contribution is -0.697. The van der Waals surface area contributed by atoms with Crippen molar-refractivity contribution in [3.63, 3.8) is 0 Å². The van der Waals surface area contributed by atoms with Gasteiger partial charge in [-0.3, -0.25) is 0 Å². The lowest BCUT2D eigenvalue weighted by atomic mass is 10.4. The second kappa shape index (κ2) is 4.88. The zero-order valence-electron chi connectivity index (χ0n) is 6.08. The zero-order valence-corrected chi connectivity index (χ0v) is 9.25. The van der Waals surface area contributed by atoms with Gasteiger partial charge in [-0.05, 0) is 15.9 Å². The summed E-state index contributed by atoms with van der Waals surface area (Å²) in [5.74, 6) is 0. The number of nitrogens with zero attached hydrogens (tertiary/aromatic N) is 1. The van der Waals surface area contributed by atoms with Gasteiger partial charge < -0.3 is 0 Å². The molecule has 3 heteroatoms. The van der Waals surface area contributed by atoms with E-state index in [2.05, 4.69) is 48.8 Å². The van der Waals surface area contributed by atoms with Crippen LogP contribution in [0, 0.1) is 0 Å². The van der Waals surface area contributed by atoms with E-state index in [4.69, 9.17) is 0 Å². The summed E-state index contributed by atoms with van der Waals surface area (Å²) < 4.78 is 2.14. The Morgan fingerprint density at radius 2 is 1.82 bits per heavy atom. The van der Waals surface area contributed by atoms with E-state index in [1.165, 1.54) is 0 Å². The first-order chi connectivity index (χ1) is 5.34. The van der Waals surface area contributed by atoms with Crippen LogP contribution in [0.3, 0.4) is 0 Å². The Balaban J connectivity index is 2.61. The molecule has 1 heterocycles. The molecule has 1 nitrogen and oxygen atoms in total. The van der Waals surface area contributed by atoms with Crippen molar-refractivity contribution in [1.82, 2.24) is 0 Å². The minimum absolute atomic E-state index is 0.406. The molecule has 1 aromatic rings. The number of pyridine rings is 1. The normalized spacial score (nSPS) is 12.9. The van der Waals surface area contributed by atoms with Crippen molar-refractivity contribution in [2.75, 3.05) is 5.33 Å². The van der Waals surface area contributed by atoms with Crippen molar-refractivity contribution >= 4 is 31.9 Å². The summed E-state index contributed by atoms with van der Waals surface area (Å²) in [6, 6.07) is 6.08. The first kappa shape index (κ1) is 9.20. The summed E-state index contributed by atoms with van der Waals surface area (Å²) in [4.78, 5) is 0.406. The zero-order chi connectivity index (χ0) is 8.10. The van der Waals surface area contributed by atoms with Gasteiger partial charge >= 0.3 is 0 Å². The minimum atomic E-state index is 0.406. The molecule has 0 N–H and O–H groups in total. The highest BCUT2D eigenvalue weighted by Gasteiger charge is 2.10. The molecule has 0 aromatic carbocycles. The van der Waals surface area contributed by atoms with Gasteiger partial charge in [-0.15, -0.1) is 0 Å². The summed E-state index contributed by atoms with van der Waals surface area (Å²) in [7, 11) is 0. The molecule has 1 atom stereocenters. The van der Waals surface area contributed by atoms with Crippen LogP contribution in [0.5, 0.6) is 0 Å². The number of halogens is 2. The molecule has 0 spiro atoms. The number of hydrogen-bond donors (Lipinski definition) is 0. The van der Waals surface area contributed by atoms with Gasteiger partial charge in [0.05, 0.1) is 0 Å². The summed E-state index contributed by atoms with van der Waals surface area (Å²) in [6.45, 7) is 0. The van der Waals surface area contributed by atoms with Crippen molar-refractivity contribution in [1.29, 1.82) is 0 Å². The Labute approximate surface area is 83.7 Å². The fourth-order valence-corrected chi connectivity index (χ4v) is 2.39. The third kappa shape index (κ3) is 2.91. The van der Waals surface area contributed by atoms with Crippen molar-refractivity contribution in [3.8, 4) is 0 Å². The SMILES string of the molecule is BrCC[C@@H](Br)[n+]1ccccc1. The Hall–Kier alpha value is 0.110. The topological polar surface area (TPSA) is 3.88 Å². The maximum Gasteiger partial charge on any atom is 0.212 e. The Morgan fingerprint density at radius 3 is 2.36 bits per heavy atom. The second-order valence-corrected chi connectivity index (χ2v) is 4.08. The molecule has 11 heavy (non-hydrogen) atoms. The molecule has 0 bridgehead atoms. The van der Waals surface area contributed by atoms with Crippen LogP contribution in [0.15, 0.2) is 30.6 Å². The number of alkyl halides is 2. The van der Waals surface area contributed by atoms with Crippen molar-refractivity contribution in [3.05, 3.63) is 30.6 Å². The van der Waals surface area contributed by atoms with Crippen molar-refractivity contribution in [2.45, 2.75) is 11.4 Å². The van der Waals surface area contributed by atoms with E-state index in [0.717, 1.165) is 11.8 Å². The summed E-state index contributed by atoms with van der Waals surface area (Å²) in [5, 5.41) is 1.02. The molecule has 0 aliphatic carbocycles. The molecule has 0 saturated heterocycles. The van der Waals surface area contributed by atoms with E-state index in [1.807, 2.05) is 18.2 Å². The average molecular weight is 280 g/mol. The number of hydrogen-bond acceptors (Lipinski definition) is 0. The molecule has 0 amide bonds. The van der Waals surface area contributed by atoms with Crippen LogP contribution in [0.4, 0.5) is 0 Å². The fraction of sp³-hybridized carbons (Fsp3) is 0.375. The van der Waals surface area contributed by atoms with Gasteiger partial charge in [0.2, 0.25) is 4.95 Å². The molecule has 0 unspecified atom stereocenters. The van der Waals surface area contributed by atoms with E-state index < -0.39 is 0 Å². The average Bonchev–Trinajstić information content (AvgIpc) is 2.07. The molecular weight excluding hydrogens is 270 g/mol. The van der Waals surface area contributed by atoms with E-state index in [1.54, 1.807) is 0 Å². The van der Waals surface area contributed by atoms with Crippen LogP contribution in [0.2, 0.25) is 0 Å². The highest BCUT2D eigenvalue weighted by atomic mass is 79.9. The molecule has 1 rings (SSSR count). The molecule has 60 valence electrons. The Morgan fingerprint density at radius 1 is 1.18 bits per heavy atom. The molecule has 0 aliphatic rings. The summed E-state index contributed by atoms with van der Waals surface area (Å²) in [5.41, 5.74) is 0. The standard InChI is InChI=1S/C8H10Br2N/c9-5-4-8(10)11-6-2-1-3-7-11/h1-3,6-8H,4-5H2/q+1/t8-/m0/s1. The Kier molecular flexibility index (Phi) is 4.08. The third-order valence-electron chi connectivity index (χ3n) is 1.41. The minimum Gasteiger partial charge on any atom is -0.192 e. The van der Waals surface area contributed by atoms with Crippen LogP contribution >= 0.6 is 31.9 Å². The molecule has 1 aromatic heterocycles. The van der Waals surface area contributed by atoms with E-state index in [-0.39, 0.29) is 0 Å². The van der Waals surface area contributed by atoms with Gasteiger partial charge in [0.15, 0.2) is 12.4 Å². The maximum atomic E-state index is 3.58. The molecule has 0 radical (unpaired) electrons. The van der Waals surface area contributed by atoms with Gasteiger partial charge in [-0.25, -0.2) is 0 Å². The van der Waals surface area contributed by atoms with Crippen LogP contribution in [0.1, 0.15) is 11.4 Å². The number of aromatic nitrogens is 1. The van der Waals surface area contributed by atoms with Crippen LogP contribution in [-0.4, -0.2) is 5.33 Å². The van der Waals surface area contributed by atoms with Gasteiger partial charge in [0.25, 0.3) is 0 Å². The first-order valence-corrected chi connectivity index (χ1v) is 5.54. The smallest absolute Gasteiger partial charge is 0.192 e. The van der Waals surface area contributed by atoms with Crippen LogP contribution in [0.25, 0.3) is 0 Å². The van der Waals surface area contributed by atoms with Crippen molar-refractivity contribution in [2.24, 2.45) is 0 Å². The van der Waals surface area contributed by atoms with Crippen LogP contribution in [-0.2, 0) is 0 Å². The molecule has 0 saturated carbocycles. The summed E-state index contributed by atoms with van der Waals surface area (Å²) >= 11 is 6.98. The first-order valence-electron chi connectivity index (χ1n) is 3.50. The largest absolute Gasteiger partial charge is 0.212 e. The summed E-state index contributed by atoms with van der Waals surface area (Å²) in [6.07, 6.45) is 5.21. The third-order valence-corrected chi connectivity index (χ3v) is 2.80. The predicted octanol–water partition coefficient (Wildman–Crippen LogP) is 2.65. The highest BCUT2D eigenvalue weighted by molar-refractivity contribution is 9.09. The van der Waals surface area contributed by atoms with Gasteiger partial charge in [0.1, 0.15) is 0 Å². The van der Waals surface area contributed by atoms with Crippen molar-refractivity contribution < 1.29 is 4.57 Å². The fourth-order valence-electron chi connectivity index (χ4n) is 0.838. The van der Waals surface area contributed by atoms with E-state index >= 15 is 0 Å². The molecular formula is C8H10Br2N+. The molecule has 0 aliphatic heterocycles. The lowest BCUT2D eigenvalue weighted by Crippen LogP contribution is -2.34.